The zero-order chi connectivity index (χ0) is 32.2. The summed E-state index contributed by atoms with van der Waals surface area (Å²) in [5.41, 5.74) is 11.6. The van der Waals surface area contributed by atoms with Gasteiger partial charge in [-0.15, -0.1) is 0 Å². The van der Waals surface area contributed by atoms with Crippen molar-refractivity contribution in [2.45, 2.75) is 0 Å². The van der Waals surface area contributed by atoms with E-state index in [1.807, 2.05) is 36.4 Å². The van der Waals surface area contributed by atoms with Crippen LogP contribution < -0.4 is 0 Å². The van der Waals surface area contributed by atoms with Crippen LogP contribution in [0.2, 0.25) is 0 Å². The zero-order valence-corrected chi connectivity index (χ0v) is 25.8. The monoisotopic (exact) mass is 610 g/mol. The van der Waals surface area contributed by atoms with Crippen LogP contribution in [0.3, 0.4) is 0 Å². The van der Waals surface area contributed by atoms with Gasteiger partial charge in [-0.3, -0.25) is 0 Å². The maximum atomic E-state index is 10.2. The van der Waals surface area contributed by atoms with E-state index in [0.717, 1.165) is 77.2 Å². The number of rotatable bonds is 4. The number of hydrogen-bond donors (Lipinski definition) is 0. The molecule has 0 aliphatic rings. The predicted molar refractivity (Wildman–Crippen MR) is 195 cm³/mol. The van der Waals surface area contributed by atoms with Gasteiger partial charge < -0.3 is 9.13 Å². The first-order valence-corrected chi connectivity index (χ1v) is 15.9. The van der Waals surface area contributed by atoms with Crippen LogP contribution in [-0.4, -0.2) is 9.13 Å². The Hall–Kier alpha value is -6.88. The summed E-state index contributed by atoms with van der Waals surface area (Å²) >= 11 is 0. The van der Waals surface area contributed by atoms with Crippen LogP contribution in [0.25, 0.3) is 77.2 Å². The Morgan fingerprint density at radius 2 is 0.938 bits per heavy atom. The minimum Gasteiger partial charge on any atom is -0.309 e. The summed E-state index contributed by atoms with van der Waals surface area (Å²) < 4.78 is 4.49. The molecule has 2 heterocycles. The first-order valence-electron chi connectivity index (χ1n) is 15.9. The Morgan fingerprint density at radius 1 is 0.375 bits per heavy atom. The van der Waals surface area contributed by atoms with E-state index in [0.29, 0.717) is 11.1 Å². The van der Waals surface area contributed by atoms with Gasteiger partial charge >= 0.3 is 0 Å². The standard InChI is InChI=1S/C44H26N4/c45-27-29-20-23-38-37-15-4-8-19-42(37)48(44(38)24-29)39-16-5-1-12-34(39)32-11-9-10-30(25-32)31-21-22-33(28-46)43(26-31)47-40-17-6-2-13-35(40)36-14-3-7-18-41(36)47/h1-26H. The number of nitrogens with zero attached hydrogens (tertiary/aromatic N) is 4. The van der Waals surface area contributed by atoms with Crippen LogP contribution >= 0.6 is 0 Å². The van der Waals surface area contributed by atoms with Crippen molar-refractivity contribution in [3.63, 3.8) is 0 Å². The Labute approximate surface area is 277 Å². The van der Waals surface area contributed by atoms with E-state index >= 15 is 0 Å². The highest BCUT2D eigenvalue weighted by Crippen LogP contribution is 2.39. The van der Waals surface area contributed by atoms with E-state index in [9.17, 15) is 10.5 Å². The summed E-state index contributed by atoms with van der Waals surface area (Å²) in [4.78, 5) is 0. The number of aromatic nitrogens is 2. The molecule has 0 fully saturated rings. The molecule has 0 bridgehead atoms. The number of para-hydroxylation sites is 4. The maximum Gasteiger partial charge on any atom is 0.101 e. The fraction of sp³-hybridized carbons (Fsp3) is 0. The number of benzene rings is 7. The molecule has 0 radical (unpaired) electrons. The highest BCUT2D eigenvalue weighted by molar-refractivity contribution is 6.11. The van der Waals surface area contributed by atoms with Crippen LogP contribution in [-0.2, 0) is 0 Å². The van der Waals surface area contributed by atoms with Gasteiger partial charge in [0.05, 0.1) is 50.6 Å². The highest BCUT2D eigenvalue weighted by Gasteiger charge is 2.18. The molecule has 0 saturated carbocycles. The molecule has 7 aromatic carbocycles. The van der Waals surface area contributed by atoms with Crippen LogP contribution in [0.4, 0.5) is 0 Å². The van der Waals surface area contributed by atoms with Crippen LogP contribution in [0, 0.1) is 22.7 Å². The van der Waals surface area contributed by atoms with Crippen molar-refractivity contribution in [1.82, 2.24) is 9.13 Å². The molecule has 4 heteroatoms. The average molecular weight is 611 g/mol. The van der Waals surface area contributed by atoms with Gasteiger partial charge in [0.15, 0.2) is 0 Å². The lowest BCUT2D eigenvalue weighted by atomic mass is 9.96. The SMILES string of the molecule is N#Cc1ccc2c3ccccc3n(-c3ccccc3-c3cccc(-c4ccc(C#N)c(-n5c6ccccc6c6ccccc65)c4)c3)c2c1. The van der Waals surface area contributed by atoms with Gasteiger partial charge in [0, 0.05) is 27.1 Å². The predicted octanol–water partition coefficient (Wildman–Crippen LogP) is 11.0. The smallest absolute Gasteiger partial charge is 0.101 e. The van der Waals surface area contributed by atoms with Crippen molar-refractivity contribution in [2.75, 3.05) is 0 Å². The van der Waals surface area contributed by atoms with Gasteiger partial charge in [-0.25, -0.2) is 0 Å². The number of fused-ring (bicyclic) bond motifs is 6. The molecule has 0 unspecified atom stereocenters. The Balaban J connectivity index is 1.23. The van der Waals surface area contributed by atoms with Gasteiger partial charge in [-0.05, 0) is 71.3 Å². The molecule has 0 atom stereocenters. The van der Waals surface area contributed by atoms with E-state index in [1.54, 1.807) is 0 Å². The summed E-state index contributed by atoms with van der Waals surface area (Å²) in [6.45, 7) is 0. The maximum absolute atomic E-state index is 10.2. The molecule has 9 rings (SSSR count). The number of hydrogen-bond acceptors (Lipinski definition) is 2. The Kier molecular flexibility index (Phi) is 6.22. The topological polar surface area (TPSA) is 57.4 Å². The van der Waals surface area contributed by atoms with Crippen LogP contribution in [0.1, 0.15) is 11.1 Å². The lowest BCUT2D eigenvalue weighted by molar-refractivity contribution is 1.17. The quantitative estimate of drug-likeness (QED) is 0.199. The summed E-state index contributed by atoms with van der Waals surface area (Å²) in [6, 6.07) is 59.0. The molecule has 0 N–H and O–H groups in total. The summed E-state index contributed by atoms with van der Waals surface area (Å²) in [7, 11) is 0. The molecule has 0 aliphatic carbocycles. The second-order valence-electron chi connectivity index (χ2n) is 12.0. The summed E-state index contributed by atoms with van der Waals surface area (Å²) in [6.07, 6.45) is 0. The molecule has 48 heavy (non-hydrogen) atoms. The van der Waals surface area contributed by atoms with E-state index in [4.69, 9.17) is 0 Å². The molecular weight excluding hydrogens is 585 g/mol. The molecule has 222 valence electrons. The lowest BCUT2D eigenvalue weighted by Crippen LogP contribution is -1.99. The van der Waals surface area contributed by atoms with Crippen molar-refractivity contribution in [3.8, 4) is 45.8 Å². The molecule has 0 aliphatic heterocycles. The minimum atomic E-state index is 0.620. The van der Waals surface area contributed by atoms with Gasteiger partial charge in [-0.2, -0.15) is 10.5 Å². The fourth-order valence-electron chi connectivity index (χ4n) is 7.25. The normalized spacial score (nSPS) is 11.3. The van der Waals surface area contributed by atoms with Crippen molar-refractivity contribution in [1.29, 1.82) is 10.5 Å². The first kappa shape index (κ1) is 27.4. The fourth-order valence-corrected chi connectivity index (χ4v) is 7.25. The largest absolute Gasteiger partial charge is 0.309 e. The molecule has 4 nitrogen and oxygen atoms in total. The Morgan fingerprint density at radius 3 is 1.60 bits per heavy atom. The second kappa shape index (κ2) is 10.9. The highest BCUT2D eigenvalue weighted by atomic mass is 15.0. The lowest BCUT2D eigenvalue weighted by Gasteiger charge is -2.16. The van der Waals surface area contributed by atoms with E-state index < -0.39 is 0 Å². The molecule has 0 spiro atoms. The van der Waals surface area contributed by atoms with Crippen molar-refractivity contribution in [2.24, 2.45) is 0 Å². The first-order chi connectivity index (χ1) is 23.7. The van der Waals surface area contributed by atoms with E-state index in [2.05, 4.69) is 143 Å². The van der Waals surface area contributed by atoms with E-state index in [1.165, 1.54) is 0 Å². The van der Waals surface area contributed by atoms with Crippen LogP contribution in [0.15, 0.2) is 158 Å². The van der Waals surface area contributed by atoms with Gasteiger partial charge in [0.2, 0.25) is 0 Å². The van der Waals surface area contributed by atoms with Crippen molar-refractivity contribution in [3.05, 3.63) is 169 Å². The second-order valence-corrected chi connectivity index (χ2v) is 12.0. The summed E-state index contributed by atoms with van der Waals surface area (Å²) in [5.74, 6) is 0. The molecule has 9 aromatic rings. The van der Waals surface area contributed by atoms with E-state index in [-0.39, 0.29) is 0 Å². The molecule has 0 amide bonds. The Bertz CT molecular complexity index is 2760. The zero-order valence-electron chi connectivity index (χ0n) is 25.8. The molecular formula is C44H26N4. The third-order valence-corrected chi connectivity index (χ3v) is 9.39. The third kappa shape index (κ3) is 4.14. The van der Waals surface area contributed by atoms with Gasteiger partial charge in [-0.1, -0.05) is 103 Å². The third-order valence-electron chi connectivity index (χ3n) is 9.39. The van der Waals surface area contributed by atoms with Crippen LogP contribution in [0.5, 0.6) is 0 Å². The van der Waals surface area contributed by atoms with Crippen molar-refractivity contribution < 1.29 is 0 Å². The number of nitriles is 2. The minimum absolute atomic E-state index is 0.620. The van der Waals surface area contributed by atoms with Gasteiger partial charge in [0.1, 0.15) is 6.07 Å². The molecule has 0 saturated heterocycles. The average Bonchev–Trinajstić information content (AvgIpc) is 3.67. The summed E-state index contributed by atoms with van der Waals surface area (Å²) in [5, 5.41) is 24.6. The molecule has 2 aromatic heterocycles. The van der Waals surface area contributed by atoms with Crippen molar-refractivity contribution >= 4 is 43.6 Å². The van der Waals surface area contributed by atoms with Gasteiger partial charge in [0.25, 0.3) is 0 Å².